The first kappa shape index (κ1) is 22.0. The van der Waals surface area contributed by atoms with Gasteiger partial charge in [-0.3, -0.25) is 9.69 Å². The van der Waals surface area contributed by atoms with Crippen LogP contribution in [0.4, 0.5) is 5.69 Å². The van der Waals surface area contributed by atoms with E-state index in [4.69, 9.17) is 0 Å². The number of benzene rings is 2. The van der Waals surface area contributed by atoms with E-state index in [0.29, 0.717) is 18.8 Å². The summed E-state index contributed by atoms with van der Waals surface area (Å²) in [6.45, 7) is 4.23. The lowest BCUT2D eigenvalue weighted by Crippen LogP contribution is -2.46. The summed E-state index contributed by atoms with van der Waals surface area (Å²) in [6, 6.07) is 16.0. The molecular formula is C23H30N4O3S. The van der Waals surface area contributed by atoms with Crippen LogP contribution in [0.3, 0.4) is 0 Å². The van der Waals surface area contributed by atoms with E-state index in [0.717, 1.165) is 44.6 Å². The Kier molecular flexibility index (Phi) is 6.71. The fourth-order valence-corrected chi connectivity index (χ4v) is 5.68. The van der Waals surface area contributed by atoms with Gasteiger partial charge in [0.2, 0.25) is 15.9 Å². The van der Waals surface area contributed by atoms with Gasteiger partial charge in [-0.05, 0) is 62.8 Å². The molecule has 2 fully saturated rings. The maximum Gasteiger partial charge on any atom is 0.246 e. The quantitative estimate of drug-likeness (QED) is 0.744. The Balaban J connectivity index is 1.48. The minimum Gasteiger partial charge on any atom is -0.324 e. The maximum atomic E-state index is 13.2. The summed E-state index contributed by atoms with van der Waals surface area (Å²) < 4.78 is 27.3. The van der Waals surface area contributed by atoms with Crippen LogP contribution in [-0.4, -0.2) is 74.7 Å². The molecule has 0 saturated carbocycles. The highest BCUT2D eigenvalue weighted by molar-refractivity contribution is 7.89. The summed E-state index contributed by atoms with van der Waals surface area (Å²) >= 11 is 0. The lowest BCUT2D eigenvalue weighted by atomic mass is 10.0. The summed E-state index contributed by atoms with van der Waals surface area (Å²) in [7, 11) is -1.53. The first-order valence-electron chi connectivity index (χ1n) is 10.8. The Morgan fingerprint density at radius 2 is 1.48 bits per heavy atom. The van der Waals surface area contributed by atoms with Crippen LogP contribution in [0.25, 0.3) is 0 Å². The topological polar surface area (TPSA) is 73.0 Å². The van der Waals surface area contributed by atoms with Crippen LogP contribution in [0.5, 0.6) is 0 Å². The molecule has 1 unspecified atom stereocenters. The Hall–Kier alpha value is -2.26. The Bertz CT molecular complexity index is 981. The van der Waals surface area contributed by atoms with Crippen molar-refractivity contribution >= 4 is 21.6 Å². The predicted molar refractivity (Wildman–Crippen MR) is 121 cm³/mol. The van der Waals surface area contributed by atoms with Gasteiger partial charge >= 0.3 is 0 Å². The SMILES string of the molecule is CN1CCN(S(=O)(=O)c2ccc(NC(=O)C(c3ccccc3)N3CCCC3)cc2)CC1. The number of carbonyl (C=O) groups is 1. The molecule has 1 N–H and O–H groups in total. The lowest BCUT2D eigenvalue weighted by Gasteiger charge is -2.31. The van der Waals surface area contributed by atoms with Gasteiger partial charge in [-0.25, -0.2) is 8.42 Å². The standard InChI is InChI=1S/C23H30N4O3S/c1-25-15-17-27(18-16-25)31(29,30)21-11-9-20(10-12-21)24-23(28)22(26-13-5-6-14-26)19-7-3-2-4-8-19/h2-4,7-12,22H,5-6,13-18H2,1H3,(H,24,28). The molecule has 31 heavy (non-hydrogen) atoms. The van der Waals surface area contributed by atoms with Crippen molar-refractivity contribution in [3.8, 4) is 0 Å². The summed E-state index contributed by atoms with van der Waals surface area (Å²) in [6.07, 6.45) is 2.19. The molecular weight excluding hydrogens is 412 g/mol. The van der Waals surface area contributed by atoms with Crippen molar-refractivity contribution in [1.29, 1.82) is 0 Å². The highest BCUT2D eigenvalue weighted by Gasteiger charge is 2.30. The molecule has 1 amide bonds. The van der Waals surface area contributed by atoms with Crippen molar-refractivity contribution in [3.63, 3.8) is 0 Å². The van der Waals surface area contributed by atoms with E-state index >= 15 is 0 Å². The van der Waals surface area contributed by atoms with Gasteiger partial charge in [0.05, 0.1) is 4.90 Å². The number of hydrogen-bond acceptors (Lipinski definition) is 5. The van der Waals surface area contributed by atoms with Crippen LogP contribution in [-0.2, 0) is 14.8 Å². The second kappa shape index (κ2) is 9.48. The highest BCUT2D eigenvalue weighted by Crippen LogP contribution is 2.27. The Morgan fingerprint density at radius 3 is 2.10 bits per heavy atom. The molecule has 1 atom stereocenters. The number of likely N-dealkylation sites (tertiary alicyclic amines) is 1. The van der Waals surface area contributed by atoms with E-state index in [1.54, 1.807) is 24.3 Å². The number of rotatable bonds is 6. The average Bonchev–Trinajstić information content (AvgIpc) is 3.30. The summed E-state index contributed by atoms with van der Waals surface area (Å²) in [4.78, 5) is 17.8. The highest BCUT2D eigenvalue weighted by atomic mass is 32.2. The minimum absolute atomic E-state index is 0.0947. The molecule has 0 aliphatic carbocycles. The smallest absolute Gasteiger partial charge is 0.246 e. The first-order chi connectivity index (χ1) is 14.9. The summed E-state index contributed by atoms with van der Waals surface area (Å²) in [5, 5.41) is 2.99. The van der Waals surface area contributed by atoms with Crippen LogP contribution < -0.4 is 5.32 Å². The molecule has 8 heteroatoms. The van der Waals surface area contributed by atoms with Crippen molar-refractivity contribution in [1.82, 2.24) is 14.1 Å². The normalized spacial score (nSPS) is 19.9. The second-order valence-electron chi connectivity index (χ2n) is 8.28. The number of nitrogens with zero attached hydrogens (tertiary/aromatic N) is 3. The molecule has 7 nitrogen and oxygen atoms in total. The lowest BCUT2D eigenvalue weighted by molar-refractivity contribution is -0.121. The fraction of sp³-hybridized carbons (Fsp3) is 0.435. The molecule has 166 valence electrons. The number of nitrogens with one attached hydrogen (secondary N) is 1. The molecule has 2 saturated heterocycles. The van der Waals surface area contributed by atoms with Gasteiger partial charge in [-0.1, -0.05) is 30.3 Å². The number of piperazine rings is 1. The van der Waals surface area contributed by atoms with Gasteiger partial charge in [0.15, 0.2) is 0 Å². The zero-order valence-corrected chi connectivity index (χ0v) is 18.7. The monoisotopic (exact) mass is 442 g/mol. The van der Waals surface area contributed by atoms with E-state index in [-0.39, 0.29) is 16.8 Å². The van der Waals surface area contributed by atoms with Crippen LogP contribution >= 0.6 is 0 Å². The van der Waals surface area contributed by atoms with Crippen molar-refractivity contribution < 1.29 is 13.2 Å². The van der Waals surface area contributed by atoms with Gasteiger partial charge in [0.25, 0.3) is 0 Å². The van der Waals surface area contributed by atoms with E-state index < -0.39 is 10.0 Å². The van der Waals surface area contributed by atoms with Gasteiger partial charge in [-0.2, -0.15) is 4.31 Å². The molecule has 2 aromatic carbocycles. The number of carbonyl (C=O) groups excluding carboxylic acids is 1. The van der Waals surface area contributed by atoms with Crippen molar-refractivity contribution in [2.45, 2.75) is 23.8 Å². The molecule has 0 aromatic heterocycles. The van der Waals surface area contributed by atoms with Crippen LogP contribution in [0.15, 0.2) is 59.5 Å². The third kappa shape index (κ3) is 4.98. The molecule has 2 aliphatic heterocycles. The average molecular weight is 443 g/mol. The Morgan fingerprint density at radius 1 is 0.871 bits per heavy atom. The van der Waals surface area contributed by atoms with Crippen LogP contribution in [0.1, 0.15) is 24.4 Å². The van der Waals surface area contributed by atoms with Gasteiger partial charge in [0, 0.05) is 31.9 Å². The van der Waals surface area contributed by atoms with E-state index in [2.05, 4.69) is 15.1 Å². The molecule has 0 bridgehead atoms. The fourth-order valence-electron chi connectivity index (χ4n) is 4.26. The van der Waals surface area contributed by atoms with Crippen LogP contribution in [0, 0.1) is 0 Å². The molecule has 0 radical (unpaired) electrons. The molecule has 4 rings (SSSR count). The third-order valence-electron chi connectivity index (χ3n) is 6.09. The third-order valence-corrected chi connectivity index (χ3v) is 8.00. The van der Waals surface area contributed by atoms with Crippen molar-refractivity contribution in [2.75, 3.05) is 51.6 Å². The molecule has 2 aromatic rings. The molecule has 2 heterocycles. The number of hydrogen-bond donors (Lipinski definition) is 1. The van der Waals surface area contributed by atoms with E-state index in [1.807, 2.05) is 37.4 Å². The van der Waals surface area contributed by atoms with Crippen LogP contribution in [0.2, 0.25) is 0 Å². The zero-order chi connectivity index (χ0) is 21.8. The largest absolute Gasteiger partial charge is 0.324 e. The van der Waals surface area contributed by atoms with Gasteiger partial charge in [-0.15, -0.1) is 0 Å². The van der Waals surface area contributed by atoms with E-state index in [1.165, 1.54) is 4.31 Å². The minimum atomic E-state index is -3.52. The zero-order valence-electron chi connectivity index (χ0n) is 17.9. The maximum absolute atomic E-state index is 13.2. The number of amides is 1. The van der Waals surface area contributed by atoms with Crippen molar-refractivity contribution in [3.05, 3.63) is 60.2 Å². The van der Waals surface area contributed by atoms with E-state index in [9.17, 15) is 13.2 Å². The number of sulfonamides is 1. The van der Waals surface area contributed by atoms with Gasteiger partial charge in [0.1, 0.15) is 6.04 Å². The summed E-state index contributed by atoms with van der Waals surface area (Å²) in [5.74, 6) is -0.0947. The second-order valence-corrected chi connectivity index (χ2v) is 10.2. The molecule has 0 spiro atoms. The predicted octanol–water partition coefficient (Wildman–Crippen LogP) is 2.40. The summed E-state index contributed by atoms with van der Waals surface area (Å²) in [5.41, 5.74) is 1.57. The number of anilines is 1. The van der Waals surface area contributed by atoms with Crippen molar-refractivity contribution in [2.24, 2.45) is 0 Å². The van der Waals surface area contributed by atoms with Gasteiger partial charge < -0.3 is 10.2 Å². The number of likely N-dealkylation sites (N-methyl/N-ethyl adjacent to an activating group) is 1. The first-order valence-corrected chi connectivity index (χ1v) is 12.3. The molecule has 2 aliphatic rings. The Labute approximate surface area is 184 Å².